The molecule has 0 saturated carbocycles. The van der Waals surface area contributed by atoms with Crippen LogP contribution in [0.25, 0.3) is 17.1 Å². The van der Waals surface area contributed by atoms with Crippen LogP contribution in [-0.4, -0.2) is 15.8 Å². The molecule has 1 heterocycles. The van der Waals surface area contributed by atoms with Crippen molar-refractivity contribution < 1.29 is 4.79 Å². The number of hydrogen-bond donors (Lipinski definition) is 0. The number of aromatic nitrogens is 2. The molecule has 2 aromatic carbocycles. The largest absolute Gasteiger partial charge is 0.289 e. The van der Waals surface area contributed by atoms with Crippen LogP contribution in [-0.2, 0) is 5.41 Å². The Labute approximate surface area is 142 Å². The smallest absolute Gasteiger partial charge is 0.185 e. The SMILES string of the molecule is CC(C)(C)c1ccc(C(=O)/C=C/c2cnc3ccccc3n2)cc1. The quantitative estimate of drug-likeness (QED) is 0.514. The van der Waals surface area contributed by atoms with Crippen LogP contribution >= 0.6 is 0 Å². The average molecular weight is 316 g/mol. The number of fused-ring (bicyclic) bond motifs is 1. The summed E-state index contributed by atoms with van der Waals surface area (Å²) < 4.78 is 0. The van der Waals surface area contributed by atoms with Crippen LogP contribution in [0.3, 0.4) is 0 Å². The molecular weight excluding hydrogens is 296 g/mol. The molecular formula is C21H20N2O. The third-order valence-electron chi connectivity index (χ3n) is 3.91. The van der Waals surface area contributed by atoms with Crippen molar-refractivity contribution >= 4 is 22.9 Å². The number of rotatable bonds is 3. The molecule has 0 radical (unpaired) electrons. The second-order valence-corrected chi connectivity index (χ2v) is 6.81. The van der Waals surface area contributed by atoms with Gasteiger partial charge in [-0.1, -0.05) is 57.2 Å². The number of benzene rings is 2. The molecule has 0 aliphatic carbocycles. The first-order valence-corrected chi connectivity index (χ1v) is 7.98. The Hall–Kier alpha value is -2.81. The molecule has 0 saturated heterocycles. The van der Waals surface area contributed by atoms with Gasteiger partial charge in [-0.15, -0.1) is 0 Å². The van der Waals surface area contributed by atoms with E-state index in [-0.39, 0.29) is 11.2 Å². The van der Waals surface area contributed by atoms with Crippen LogP contribution < -0.4 is 0 Å². The second kappa shape index (κ2) is 6.36. The van der Waals surface area contributed by atoms with Crippen molar-refractivity contribution in [1.29, 1.82) is 0 Å². The summed E-state index contributed by atoms with van der Waals surface area (Å²) in [5.41, 5.74) is 4.31. The lowest BCUT2D eigenvalue weighted by Gasteiger charge is -2.18. The number of carbonyl (C=O) groups is 1. The summed E-state index contributed by atoms with van der Waals surface area (Å²) in [6.07, 6.45) is 4.93. The Kier molecular flexibility index (Phi) is 4.26. The lowest BCUT2D eigenvalue weighted by atomic mass is 9.86. The van der Waals surface area contributed by atoms with Crippen molar-refractivity contribution in [3.63, 3.8) is 0 Å². The fourth-order valence-electron chi connectivity index (χ4n) is 2.44. The van der Waals surface area contributed by atoms with Crippen LogP contribution in [0.2, 0.25) is 0 Å². The Bertz CT molecular complexity index is 903. The predicted molar refractivity (Wildman–Crippen MR) is 98.0 cm³/mol. The van der Waals surface area contributed by atoms with E-state index in [1.807, 2.05) is 48.5 Å². The van der Waals surface area contributed by atoms with Crippen LogP contribution in [0.15, 0.2) is 60.8 Å². The monoisotopic (exact) mass is 316 g/mol. The van der Waals surface area contributed by atoms with E-state index in [9.17, 15) is 4.79 Å². The summed E-state index contributed by atoms with van der Waals surface area (Å²) in [6.45, 7) is 6.46. The van der Waals surface area contributed by atoms with Gasteiger partial charge >= 0.3 is 0 Å². The van der Waals surface area contributed by atoms with E-state index in [1.165, 1.54) is 5.56 Å². The minimum atomic E-state index is -0.0367. The third-order valence-corrected chi connectivity index (χ3v) is 3.91. The maximum atomic E-state index is 12.3. The van der Waals surface area contributed by atoms with Gasteiger partial charge in [-0.2, -0.15) is 0 Å². The summed E-state index contributed by atoms with van der Waals surface area (Å²) in [6, 6.07) is 15.4. The van der Waals surface area contributed by atoms with Crippen LogP contribution in [0.5, 0.6) is 0 Å². The number of carbonyl (C=O) groups excluding carboxylic acids is 1. The summed E-state index contributed by atoms with van der Waals surface area (Å²) in [5.74, 6) is -0.0367. The van der Waals surface area contributed by atoms with Gasteiger partial charge < -0.3 is 0 Å². The van der Waals surface area contributed by atoms with Gasteiger partial charge in [-0.3, -0.25) is 9.78 Å². The van der Waals surface area contributed by atoms with Crippen molar-refractivity contribution in [2.24, 2.45) is 0 Å². The van der Waals surface area contributed by atoms with Crippen molar-refractivity contribution in [3.8, 4) is 0 Å². The van der Waals surface area contributed by atoms with Crippen LogP contribution in [0.4, 0.5) is 0 Å². The Balaban J connectivity index is 1.79. The lowest BCUT2D eigenvalue weighted by Crippen LogP contribution is -2.11. The molecule has 0 amide bonds. The number of allylic oxidation sites excluding steroid dienone is 1. The highest BCUT2D eigenvalue weighted by Gasteiger charge is 2.13. The molecule has 0 atom stereocenters. The topological polar surface area (TPSA) is 42.9 Å². The van der Waals surface area contributed by atoms with Crippen molar-refractivity contribution in [2.45, 2.75) is 26.2 Å². The van der Waals surface area contributed by atoms with Crippen molar-refractivity contribution in [3.05, 3.63) is 77.6 Å². The molecule has 120 valence electrons. The van der Waals surface area contributed by atoms with Crippen molar-refractivity contribution in [1.82, 2.24) is 9.97 Å². The molecule has 0 aliphatic heterocycles. The normalized spacial score (nSPS) is 12.0. The molecule has 0 N–H and O–H groups in total. The number of para-hydroxylation sites is 2. The molecule has 3 aromatic rings. The van der Waals surface area contributed by atoms with Gasteiger partial charge in [0.05, 0.1) is 22.9 Å². The van der Waals surface area contributed by atoms with Gasteiger partial charge in [-0.25, -0.2) is 4.98 Å². The molecule has 24 heavy (non-hydrogen) atoms. The minimum absolute atomic E-state index is 0.0367. The molecule has 3 rings (SSSR count). The molecule has 3 nitrogen and oxygen atoms in total. The van der Waals surface area contributed by atoms with Gasteiger partial charge in [0.2, 0.25) is 0 Å². The Morgan fingerprint density at radius 3 is 2.29 bits per heavy atom. The molecule has 0 spiro atoms. The molecule has 1 aromatic heterocycles. The highest BCUT2D eigenvalue weighted by Crippen LogP contribution is 2.22. The highest BCUT2D eigenvalue weighted by atomic mass is 16.1. The van der Waals surface area contributed by atoms with E-state index in [1.54, 1.807) is 18.3 Å². The average Bonchev–Trinajstić information content (AvgIpc) is 2.59. The summed E-state index contributed by atoms with van der Waals surface area (Å²) in [7, 11) is 0. The lowest BCUT2D eigenvalue weighted by molar-refractivity contribution is 0.104. The van der Waals surface area contributed by atoms with E-state index in [2.05, 4.69) is 30.7 Å². The molecule has 0 bridgehead atoms. The first kappa shape index (κ1) is 16.1. The van der Waals surface area contributed by atoms with E-state index in [4.69, 9.17) is 0 Å². The maximum absolute atomic E-state index is 12.3. The van der Waals surface area contributed by atoms with Gasteiger partial charge in [0.1, 0.15) is 0 Å². The van der Waals surface area contributed by atoms with Crippen molar-refractivity contribution in [2.75, 3.05) is 0 Å². The number of ketones is 1. The Morgan fingerprint density at radius 2 is 1.62 bits per heavy atom. The summed E-state index contributed by atoms with van der Waals surface area (Å²) in [4.78, 5) is 21.1. The zero-order valence-electron chi connectivity index (χ0n) is 14.2. The fourth-order valence-corrected chi connectivity index (χ4v) is 2.44. The molecule has 3 heteroatoms. The van der Waals surface area contributed by atoms with Gasteiger partial charge in [-0.05, 0) is 35.3 Å². The number of nitrogens with zero attached hydrogens (tertiary/aromatic N) is 2. The minimum Gasteiger partial charge on any atom is -0.289 e. The first-order valence-electron chi connectivity index (χ1n) is 7.98. The van der Waals surface area contributed by atoms with Gasteiger partial charge in [0.15, 0.2) is 5.78 Å². The zero-order valence-corrected chi connectivity index (χ0v) is 14.2. The van der Waals surface area contributed by atoms with E-state index >= 15 is 0 Å². The van der Waals surface area contributed by atoms with E-state index in [0.29, 0.717) is 11.3 Å². The van der Waals surface area contributed by atoms with Crippen LogP contribution in [0, 0.1) is 0 Å². The van der Waals surface area contributed by atoms with Gasteiger partial charge in [0.25, 0.3) is 0 Å². The standard InChI is InChI=1S/C21H20N2O/c1-21(2,3)16-10-8-15(9-11-16)20(24)13-12-17-14-22-18-6-4-5-7-19(18)23-17/h4-14H,1-3H3/b13-12+. The van der Waals surface area contributed by atoms with E-state index in [0.717, 1.165) is 11.0 Å². The third kappa shape index (κ3) is 3.57. The predicted octanol–water partition coefficient (Wildman–Crippen LogP) is 4.82. The maximum Gasteiger partial charge on any atom is 0.185 e. The highest BCUT2D eigenvalue weighted by molar-refractivity contribution is 6.06. The summed E-state index contributed by atoms with van der Waals surface area (Å²) in [5, 5.41) is 0. The van der Waals surface area contributed by atoms with E-state index < -0.39 is 0 Å². The summed E-state index contributed by atoms with van der Waals surface area (Å²) >= 11 is 0. The zero-order chi connectivity index (χ0) is 17.2. The molecule has 0 fully saturated rings. The van der Waals surface area contributed by atoms with Gasteiger partial charge in [0, 0.05) is 5.56 Å². The molecule has 0 unspecified atom stereocenters. The molecule has 0 aliphatic rings. The second-order valence-electron chi connectivity index (χ2n) is 6.81. The van der Waals surface area contributed by atoms with Crippen LogP contribution in [0.1, 0.15) is 42.4 Å². The number of hydrogen-bond acceptors (Lipinski definition) is 3. The Morgan fingerprint density at radius 1 is 0.958 bits per heavy atom. The fraction of sp³-hybridized carbons (Fsp3) is 0.190. The first-order chi connectivity index (χ1) is 11.4.